The van der Waals surface area contributed by atoms with E-state index < -0.39 is 0 Å². The van der Waals surface area contributed by atoms with Gasteiger partial charge in [0, 0.05) is 5.69 Å². The number of aromatic nitrogens is 3. The van der Waals surface area contributed by atoms with Gasteiger partial charge in [0.15, 0.2) is 0 Å². The minimum Gasteiger partial charge on any atom is -0.487 e. The summed E-state index contributed by atoms with van der Waals surface area (Å²) in [5, 5.41) is 10.8. The lowest BCUT2D eigenvalue weighted by atomic mass is 10.2. The van der Waals surface area contributed by atoms with Crippen LogP contribution in [0.1, 0.15) is 11.3 Å². The third-order valence-electron chi connectivity index (χ3n) is 3.33. The molecule has 0 fully saturated rings. The summed E-state index contributed by atoms with van der Waals surface area (Å²) in [6.07, 6.45) is 1.71. The van der Waals surface area contributed by atoms with Gasteiger partial charge < -0.3 is 10.1 Å². The number of rotatable bonds is 6. The van der Waals surface area contributed by atoms with E-state index >= 15 is 0 Å². The van der Waals surface area contributed by atoms with Crippen molar-refractivity contribution in [3.63, 3.8) is 0 Å². The molecule has 0 saturated carbocycles. The number of carbonyl (C=O) groups is 1. The maximum absolute atomic E-state index is 12.0. The number of amides is 1. The van der Waals surface area contributed by atoms with Crippen molar-refractivity contribution >= 4 is 11.6 Å². The second-order valence-electron chi connectivity index (χ2n) is 5.43. The Morgan fingerprint density at radius 3 is 2.79 bits per heavy atom. The summed E-state index contributed by atoms with van der Waals surface area (Å²) in [6, 6.07) is 17.1. The van der Waals surface area contributed by atoms with Crippen molar-refractivity contribution < 1.29 is 9.53 Å². The van der Waals surface area contributed by atoms with Crippen LogP contribution in [-0.4, -0.2) is 20.9 Å². The molecule has 1 heterocycles. The summed E-state index contributed by atoms with van der Waals surface area (Å²) in [4.78, 5) is 12.0. The lowest BCUT2D eigenvalue weighted by Crippen LogP contribution is -2.19. The first-order valence-corrected chi connectivity index (χ1v) is 7.62. The first kappa shape index (κ1) is 15.7. The Kier molecular flexibility index (Phi) is 4.86. The molecule has 24 heavy (non-hydrogen) atoms. The van der Waals surface area contributed by atoms with Crippen LogP contribution < -0.4 is 10.1 Å². The number of nitrogens with zero attached hydrogens (tertiary/aromatic N) is 3. The summed E-state index contributed by atoms with van der Waals surface area (Å²) in [5.74, 6) is 0.628. The minimum absolute atomic E-state index is 0.104. The largest absolute Gasteiger partial charge is 0.487 e. The Morgan fingerprint density at radius 1 is 1.17 bits per heavy atom. The van der Waals surface area contributed by atoms with Crippen LogP contribution >= 0.6 is 0 Å². The molecule has 6 heteroatoms. The van der Waals surface area contributed by atoms with E-state index in [9.17, 15) is 4.79 Å². The van der Waals surface area contributed by atoms with E-state index in [2.05, 4.69) is 15.6 Å². The lowest BCUT2D eigenvalue weighted by Gasteiger charge is -2.05. The van der Waals surface area contributed by atoms with E-state index in [1.807, 2.05) is 61.5 Å². The quantitative estimate of drug-likeness (QED) is 0.757. The molecule has 0 aliphatic heterocycles. The third-order valence-corrected chi connectivity index (χ3v) is 3.33. The van der Waals surface area contributed by atoms with Crippen molar-refractivity contribution in [1.29, 1.82) is 0 Å². The Labute approximate surface area is 140 Å². The summed E-state index contributed by atoms with van der Waals surface area (Å²) in [7, 11) is 0. The van der Waals surface area contributed by atoms with Crippen molar-refractivity contribution in [2.45, 2.75) is 20.1 Å². The monoisotopic (exact) mass is 322 g/mol. The van der Waals surface area contributed by atoms with Gasteiger partial charge in [-0.3, -0.25) is 4.79 Å². The Bertz CT molecular complexity index is 815. The molecule has 0 aliphatic rings. The second-order valence-corrected chi connectivity index (χ2v) is 5.43. The highest BCUT2D eigenvalue weighted by Crippen LogP contribution is 2.13. The molecule has 0 bridgehead atoms. The lowest BCUT2D eigenvalue weighted by molar-refractivity contribution is -0.116. The molecule has 1 aromatic heterocycles. The predicted octanol–water partition coefficient (Wildman–Crippen LogP) is 2.80. The van der Waals surface area contributed by atoms with Gasteiger partial charge in [-0.15, -0.1) is 5.10 Å². The minimum atomic E-state index is -0.155. The average Bonchev–Trinajstić information content (AvgIpc) is 3.01. The highest BCUT2D eigenvalue weighted by atomic mass is 16.5. The number of nitrogens with one attached hydrogen (secondary N) is 1. The van der Waals surface area contributed by atoms with Crippen molar-refractivity contribution in [3.05, 3.63) is 72.1 Å². The van der Waals surface area contributed by atoms with Crippen molar-refractivity contribution in [2.75, 3.05) is 5.32 Å². The van der Waals surface area contributed by atoms with Crippen LogP contribution in [0.3, 0.4) is 0 Å². The number of aryl methyl sites for hydroxylation is 1. The van der Waals surface area contributed by atoms with Crippen LogP contribution in [-0.2, 0) is 17.9 Å². The van der Waals surface area contributed by atoms with Crippen LogP contribution in [0.5, 0.6) is 5.75 Å². The highest BCUT2D eigenvalue weighted by Gasteiger charge is 2.07. The van der Waals surface area contributed by atoms with Gasteiger partial charge in [0.25, 0.3) is 0 Å². The summed E-state index contributed by atoms with van der Waals surface area (Å²) in [6.45, 7) is 2.42. The molecule has 6 nitrogen and oxygen atoms in total. The fourth-order valence-electron chi connectivity index (χ4n) is 2.21. The molecule has 0 spiro atoms. The number of anilines is 1. The molecule has 1 N–H and O–H groups in total. The molecule has 0 aliphatic carbocycles. The van der Waals surface area contributed by atoms with Gasteiger partial charge in [-0.25, -0.2) is 4.68 Å². The van der Waals surface area contributed by atoms with E-state index in [4.69, 9.17) is 4.74 Å². The normalized spacial score (nSPS) is 10.4. The molecule has 3 rings (SSSR count). The van der Waals surface area contributed by atoms with Crippen LogP contribution in [0.4, 0.5) is 5.69 Å². The predicted molar refractivity (Wildman–Crippen MR) is 90.6 cm³/mol. The molecule has 0 atom stereocenters. The molecule has 1 amide bonds. The zero-order chi connectivity index (χ0) is 16.8. The number of hydrogen-bond acceptors (Lipinski definition) is 4. The molecule has 122 valence electrons. The topological polar surface area (TPSA) is 69.0 Å². The standard InChI is InChI=1S/C18H18N4O2/c1-14-6-5-9-17(10-14)24-13-16-11-22(21-20-16)12-18(23)19-15-7-3-2-4-8-15/h2-11H,12-13H2,1H3,(H,19,23). The van der Waals surface area contributed by atoms with E-state index in [1.54, 1.807) is 6.20 Å². The molecule has 2 aromatic carbocycles. The Hall–Kier alpha value is -3.15. The number of carbonyl (C=O) groups excluding carboxylic acids is 1. The number of ether oxygens (including phenoxy) is 1. The van der Waals surface area contributed by atoms with Crippen molar-refractivity contribution in [3.8, 4) is 5.75 Å². The Balaban J connectivity index is 1.52. The van der Waals surface area contributed by atoms with Gasteiger partial charge in [0.1, 0.15) is 24.6 Å². The fourth-order valence-corrected chi connectivity index (χ4v) is 2.21. The number of para-hydroxylation sites is 1. The first-order chi connectivity index (χ1) is 11.7. The number of hydrogen-bond donors (Lipinski definition) is 1. The maximum atomic E-state index is 12.0. The van der Waals surface area contributed by atoms with Gasteiger partial charge in [-0.2, -0.15) is 0 Å². The molecular formula is C18H18N4O2. The first-order valence-electron chi connectivity index (χ1n) is 7.62. The smallest absolute Gasteiger partial charge is 0.246 e. The summed E-state index contributed by atoms with van der Waals surface area (Å²) >= 11 is 0. The van der Waals surface area contributed by atoms with Crippen LogP contribution in [0.15, 0.2) is 60.8 Å². The zero-order valence-corrected chi connectivity index (χ0v) is 13.3. The highest BCUT2D eigenvalue weighted by molar-refractivity contribution is 5.90. The molecule has 0 saturated heterocycles. The van der Waals surface area contributed by atoms with Gasteiger partial charge >= 0.3 is 0 Å². The van der Waals surface area contributed by atoms with Gasteiger partial charge in [-0.1, -0.05) is 35.5 Å². The van der Waals surface area contributed by atoms with Gasteiger partial charge in [0.2, 0.25) is 5.91 Å². The van der Waals surface area contributed by atoms with Crippen molar-refractivity contribution in [1.82, 2.24) is 15.0 Å². The molecule has 3 aromatic rings. The van der Waals surface area contributed by atoms with Gasteiger partial charge in [-0.05, 0) is 36.8 Å². The van der Waals surface area contributed by atoms with Crippen molar-refractivity contribution in [2.24, 2.45) is 0 Å². The molecule has 0 radical (unpaired) electrons. The molecular weight excluding hydrogens is 304 g/mol. The summed E-state index contributed by atoms with van der Waals surface area (Å²) in [5.41, 5.74) is 2.56. The van der Waals surface area contributed by atoms with Crippen LogP contribution in [0.25, 0.3) is 0 Å². The second kappa shape index (κ2) is 7.41. The van der Waals surface area contributed by atoms with Gasteiger partial charge in [0.05, 0.1) is 6.20 Å². The molecule has 0 unspecified atom stereocenters. The maximum Gasteiger partial charge on any atom is 0.246 e. The van der Waals surface area contributed by atoms with Crippen LogP contribution in [0, 0.1) is 6.92 Å². The van der Waals surface area contributed by atoms with E-state index in [0.717, 1.165) is 17.0 Å². The zero-order valence-electron chi connectivity index (χ0n) is 13.3. The SMILES string of the molecule is Cc1cccc(OCc2cn(CC(=O)Nc3ccccc3)nn2)c1. The van der Waals surface area contributed by atoms with E-state index in [-0.39, 0.29) is 12.5 Å². The Morgan fingerprint density at radius 2 is 2.00 bits per heavy atom. The summed E-state index contributed by atoms with van der Waals surface area (Å²) < 4.78 is 7.16. The van der Waals surface area contributed by atoms with E-state index in [1.165, 1.54) is 4.68 Å². The number of benzene rings is 2. The van der Waals surface area contributed by atoms with E-state index in [0.29, 0.717) is 12.3 Å². The third kappa shape index (κ3) is 4.42. The average molecular weight is 322 g/mol. The fraction of sp³-hybridized carbons (Fsp3) is 0.167. The van der Waals surface area contributed by atoms with Crippen LogP contribution in [0.2, 0.25) is 0 Å².